The molecule has 0 spiro atoms. The lowest BCUT2D eigenvalue weighted by molar-refractivity contribution is -0.145. The van der Waals surface area contributed by atoms with E-state index >= 15 is 0 Å². The number of carbonyl (C=O) groups excluding carboxylic acids is 1. The molecule has 0 aromatic heterocycles. The van der Waals surface area contributed by atoms with Crippen molar-refractivity contribution in [3.8, 4) is 0 Å². The maximum atomic E-state index is 11.6. The summed E-state index contributed by atoms with van der Waals surface area (Å²) >= 11 is 0. The fraction of sp³-hybridized carbons (Fsp3) is 0.929. The summed E-state index contributed by atoms with van der Waals surface area (Å²) < 4.78 is 5.05. The van der Waals surface area contributed by atoms with Crippen molar-refractivity contribution in [3.63, 3.8) is 0 Å². The number of hydrogen-bond donors (Lipinski definition) is 1. The molecular formula is C14H28N2O2. The smallest absolute Gasteiger partial charge is 0.320 e. The molecule has 0 heterocycles. The Labute approximate surface area is 111 Å². The zero-order valence-electron chi connectivity index (χ0n) is 12.0. The van der Waals surface area contributed by atoms with Crippen LogP contribution >= 0.6 is 0 Å². The Hall–Kier alpha value is -0.610. The molecule has 1 saturated carbocycles. The Kier molecular flexibility index (Phi) is 6.65. The highest BCUT2D eigenvalue weighted by molar-refractivity contribution is 5.71. The van der Waals surface area contributed by atoms with Gasteiger partial charge in [-0.15, -0.1) is 0 Å². The van der Waals surface area contributed by atoms with Gasteiger partial charge in [0.05, 0.1) is 13.2 Å². The first-order valence-electron chi connectivity index (χ1n) is 7.22. The van der Waals surface area contributed by atoms with Gasteiger partial charge in [0.25, 0.3) is 0 Å². The van der Waals surface area contributed by atoms with Crippen LogP contribution in [-0.2, 0) is 9.53 Å². The van der Waals surface area contributed by atoms with E-state index in [0.29, 0.717) is 25.1 Å². The van der Waals surface area contributed by atoms with Crippen LogP contribution in [-0.4, -0.2) is 43.2 Å². The largest absolute Gasteiger partial charge is 0.465 e. The number of likely N-dealkylation sites (N-methyl/N-ethyl adjacent to an activating group) is 1. The summed E-state index contributed by atoms with van der Waals surface area (Å²) in [7, 11) is 0. The fourth-order valence-corrected chi connectivity index (χ4v) is 2.97. The molecule has 0 aromatic rings. The van der Waals surface area contributed by atoms with Crippen LogP contribution in [0.15, 0.2) is 0 Å². The summed E-state index contributed by atoms with van der Waals surface area (Å²) in [5, 5.41) is 0. The minimum Gasteiger partial charge on any atom is -0.465 e. The van der Waals surface area contributed by atoms with Crippen molar-refractivity contribution in [1.82, 2.24) is 4.90 Å². The second-order valence-electron chi connectivity index (χ2n) is 5.35. The van der Waals surface area contributed by atoms with E-state index in [-0.39, 0.29) is 5.97 Å². The van der Waals surface area contributed by atoms with Gasteiger partial charge in [-0.25, -0.2) is 0 Å². The Morgan fingerprint density at radius 1 is 1.39 bits per heavy atom. The summed E-state index contributed by atoms with van der Waals surface area (Å²) in [5.41, 5.74) is 5.88. The van der Waals surface area contributed by atoms with Crippen LogP contribution in [0.3, 0.4) is 0 Å². The van der Waals surface area contributed by atoms with Gasteiger partial charge in [0.15, 0.2) is 0 Å². The number of nitrogens with two attached hydrogens (primary N) is 1. The quantitative estimate of drug-likeness (QED) is 0.734. The van der Waals surface area contributed by atoms with Gasteiger partial charge in [-0.3, -0.25) is 9.69 Å². The number of nitrogens with zero attached hydrogens (tertiary/aromatic N) is 1. The molecule has 3 unspecified atom stereocenters. The molecule has 1 aliphatic carbocycles. The van der Waals surface area contributed by atoms with Gasteiger partial charge in [0.1, 0.15) is 0 Å². The predicted molar refractivity (Wildman–Crippen MR) is 73.2 cm³/mol. The van der Waals surface area contributed by atoms with Gasteiger partial charge in [-0.1, -0.05) is 20.3 Å². The summed E-state index contributed by atoms with van der Waals surface area (Å²) in [4.78, 5) is 13.9. The van der Waals surface area contributed by atoms with Crippen LogP contribution in [0.2, 0.25) is 0 Å². The number of ether oxygens (including phenoxy) is 1. The molecule has 0 aromatic carbocycles. The third-order valence-electron chi connectivity index (χ3n) is 4.03. The first kappa shape index (κ1) is 15.4. The van der Waals surface area contributed by atoms with Gasteiger partial charge in [-0.2, -0.15) is 0 Å². The minimum atomic E-state index is -0.117. The molecule has 0 aliphatic heterocycles. The topological polar surface area (TPSA) is 55.6 Å². The zero-order chi connectivity index (χ0) is 13.5. The average Bonchev–Trinajstić information content (AvgIpc) is 2.36. The Morgan fingerprint density at radius 2 is 2.11 bits per heavy atom. The van der Waals surface area contributed by atoms with Crippen molar-refractivity contribution in [2.24, 2.45) is 17.6 Å². The maximum absolute atomic E-state index is 11.6. The highest BCUT2D eigenvalue weighted by atomic mass is 16.5. The third kappa shape index (κ3) is 4.25. The van der Waals surface area contributed by atoms with Crippen molar-refractivity contribution < 1.29 is 9.53 Å². The fourth-order valence-electron chi connectivity index (χ4n) is 2.97. The van der Waals surface area contributed by atoms with Crippen molar-refractivity contribution in [1.29, 1.82) is 0 Å². The van der Waals surface area contributed by atoms with E-state index in [4.69, 9.17) is 10.5 Å². The second kappa shape index (κ2) is 7.74. The van der Waals surface area contributed by atoms with Crippen LogP contribution in [0.5, 0.6) is 0 Å². The minimum absolute atomic E-state index is 0.117. The van der Waals surface area contributed by atoms with E-state index in [2.05, 4.69) is 18.7 Å². The highest BCUT2D eigenvalue weighted by Crippen LogP contribution is 2.31. The van der Waals surface area contributed by atoms with Gasteiger partial charge in [0, 0.05) is 6.04 Å². The third-order valence-corrected chi connectivity index (χ3v) is 4.03. The maximum Gasteiger partial charge on any atom is 0.320 e. The van der Waals surface area contributed by atoms with E-state index in [1.165, 1.54) is 12.8 Å². The van der Waals surface area contributed by atoms with Crippen LogP contribution < -0.4 is 5.73 Å². The predicted octanol–water partition coefficient (Wildman–Crippen LogP) is 1.63. The zero-order valence-corrected chi connectivity index (χ0v) is 12.0. The van der Waals surface area contributed by atoms with E-state index in [1.54, 1.807) is 0 Å². The Balaban J connectivity index is 2.62. The molecule has 4 heteroatoms. The molecule has 1 fully saturated rings. The number of carbonyl (C=O) groups is 1. The normalized spacial score (nSPS) is 28.4. The lowest BCUT2D eigenvalue weighted by Crippen LogP contribution is -2.48. The summed E-state index contributed by atoms with van der Waals surface area (Å²) in [6.07, 6.45) is 3.59. The number of esters is 1. The Bertz CT molecular complexity index is 258. The first-order valence-corrected chi connectivity index (χ1v) is 7.22. The van der Waals surface area contributed by atoms with Gasteiger partial charge < -0.3 is 10.5 Å². The monoisotopic (exact) mass is 256 g/mol. The SMILES string of the molecule is CCOC(=O)CN(CC)C1CC(C)CCC1CN. The molecule has 106 valence electrons. The number of hydrogen-bond acceptors (Lipinski definition) is 4. The van der Waals surface area contributed by atoms with Crippen molar-refractivity contribution in [2.75, 3.05) is 26.2 Å². The second-order valence-corrected chi connectivity index (χ2v) is 5.35. The summed E-state index contributed by atoms with van der Waals surface area (Å²) in [5.74, 6) is 1.14. The lowest BCUT2D eigenvalue weighted by Gasteiger charge is -2.41. The molecule has 0 amide bonds. The molecule has 0 bridgehead atoms. The van der Waals surface area contributed by atoms with Gasteiger partial charge >= 0.3 is 5.97 Å². The van der Waals surface area contributed by atoms with Crippen molar-refractivity contribution in [3.05, 3.63) is 0 Å². The van der Waals surface area contributed by atoms with Crippen LogP contribution in [0.1, 0.15) is 40.0 Å². The van der Waals surface area contributed by atoms with E-state index < -0.39 is 0 Å². The standard InChI is InChI=1S/C14H28N2O2/c1-4-16(10-14(17)18-5-2)13-8-11(3)6-7-12(13)9-15/h11-13H,4-10,15H2,1-3H3. The molecule has 4 nitrogen and oxygen atoms in total. The van der Waals surface area contributed by atoms with Crippen LogP contribution in [0, 0.1) is 11.8 Å². The number of rotatable bonds is 6. The molecule has 2 N–H and O–H groups in total. The van der Waals surface area contributed by atoms with Gasteiger partial charge in [0.2, 0.25) is 0 Å². The summed E-state index contributed by atoms with van der Waals surface area (Å²) in [6.45, 7) is 8.70. The van der Waals surface area contributed by atoms with E-state index in [1.807, 2.05) is 6.92 Å². The van der Waals surface area contributed by atoms with Crippen LogP contribution in [0.4, 0.5) is 0 Å². The van der Waals surface area contributed by atoms with E-state index in [0.717, 1.165) is 25.4 Å². The molecule has 0 radical (unpaired) electrons. The Morgan fingerprint density at radius 3 is 2.67 bits per heavy atom. The molecule has 3 atom stereocenters. The lowest BCUT2D eigenvalue weighted by atomic mass is 9.78. The molecule has 1 rings (SSSR count). The van der Waals surface area contributed by atoms with Crippen molar-refractivity contribution in [2.45, 2.75) is 46.1 Å². The summed E-state index contributed by atoms with van der Waals surface area (Å²) in [6, 6.07) is 0.438. The van der Waals surface area contributed by atoms with E-state index in [9.17, 15) is 4.79 Å². The molecule has 0 saturated heterocycles. The average molecular weight is 256 g/mol. The van der Waals surface area contributed by atoms with Crippen LogP contribution in [0.25, 0.3) is 0 Å². The van der Waals surface area contributed by atoms with Crippen molar-refractivity contribution >= 4 is 5.97 Å². The molecule has 18 heavy (non-hydrogen) atoms. The molecule has 1 aliphatic rings. The highest BCUT2D eigenvalue weighted by Gasteiger charge is 2.32. The molecular weight excluding hydrogens is 228 g/mol. The first-order chi connectivity index (χ1) is 8.62. The van der Waals surface area contributed by atoms with Gasteiger partial charge in [-0.05, 0) is 44.7 Å².